The van der Waals surface area contributed by atoms with E-state index in [-0.39, 0.29) is 24.0 Å². The predicted molar refractivity (Wildman–Crippen MR) is 84.0 cm³/mol. The van der Waals surface area contributed by atoms with Crippen molar-refractivity contribution < 1.29 is 14.3 Å². The Hall–Kier alpha value is -2.05. The number of benzene rings is 1. The number of hydrogen-bond donors (Lipinski definition) is 1. The summed E-state index contributed by atoms with van der Waals surface area (Å²) >= 11 is 0. The molecule has 1 N–H and O–H groups in total. The van der Waals surface area contributed by atoms with Crippen molar-refractivity contribution in [1.82, 2.24) is 15.3 Å². The fourth-order valence-electron chi connectivity index (χ4n) is 3.73. The summed E-state index contributed by atoms with van der Waals surface area (Å²) in [5, 5.41) is 3.10. The van der Waals surface area contributed by atoms with E-state index in [9.17, 15) is 4.79 Å². The minimum absolute atomic E-state index is 0.0863. The van der Waals surface area contributed by atoms with Gasteiger partial charge in [-0.05, 0) is 18.6 Å². The first-order chi connectivity index (χ1) is 11.3. The van der Waals surface area contributed by atoms with Crippen molar-refractivity contribution in [3.63, 3.8) is 0 Å². The van der Waals surface area contributed by atoms with E-state index in [1.165, 1.54) is 6.20 Å². The number of methoxy groups -OCH3 is 1. The van der Waals surface area contributed by atoms with Gasteiger partial charge in [0.25, 0.3) is 5.91 Å². The van der Waals surface area contributed by atoms with Gasteiger partial charge < -0.3 is 14.8 Å². The molecule has 1 saturated carbocycles. The van der Waals surface area contributed by atoms with E-state index >= 15 is 0 Å². The minimum Gasteiger partial charge on any atom is -0.384 e. The highest BCUT2D eigenvalue weighted by Gasteiger charge is 2.54. The van der Waals surface area contributed by atoms with Gasteiger partial charge in [0.15, 0.2) is 0 Å². The van der Waals surface area contributed by atoms with Crippen LogP contribution in [0.15, 0.2) is 30.5 Å². The lowest BCUT2D eigenvalue weighted by molar-refractivity contribution is -0.0810. The minimum atomic E-state index is -0.181. The van der Waals surface area contributed by atoms with Crippen LogP contribution < -0.4 is 5.32 Å². The molecular formula is C17H19N3O3. The van der Waals surface area contributed by atoms with E-state index in [1.807, 2.05) is 24.3 Å². The highest BCUT2D eigenvalue weighted by molar-refractivity contribution is 5.94. The van der Waals surface area contributed by atoms with Crippen LogP contribution in [0.1, 0.15) is 16.9 Å². The van der Waals surface area contributed by atoms with Crippen LogP contribution in [0, 0.1) is 11.8 Å². The van der Waals surface area contributed by atoms with Crippen LogP contribution >= 0.6 is 0 Å². The average molecular weight is 313 g/mol. The zero-order chi connectivity index (χ0) is 15.8. The second-order valence-corrected chi connectivity index (χ2v) is 6.15. The molecule has 4 atom stereocenters. The van der Waals surface area contributed by atoms with Crippen LogP contribution in [-0.4, -0.2) is 48.3 Å². The molecule has 1 aliphatic heterocycles. The zero-order valence-corrected chi connectivity index (χ0v) is 12.9. The SMILES string of the molecule is COC[C@H]1[C@@H](NC(=O)c2cnc3ccccc3n2)[C@H]2CCO[C@H]21. The maximum absolute atomic E-state index is 12.5. The van der Waals surface area contributed by atoms with E-state index in [2.05, 4.69) is 15.3 Å². The van der Waals surface area contributed by atoms with Crippen LogP contribution in [0.3, 0.4) is 0 Å². The third-order valence-corrected chi connectivity index (χ3v) is 4.87. The van der Waals surface area contributed by atoms with Crippen LogP contribution in [-0.2, 0) is 9.47 Å². The van der Waals surface area contributed by atoms with E-state index in [4.69, 9.17) is 9.47 Å². The Morgan fingerprint density at radius 2 is 2.22 bits per heavy atom. The van der Waals surface area contributed by atoms with Gasteiger partial charge in [-0.25, -0.2) is 4.98 Å². The van der Waals surface area contributed by atoms with Crippen molar-refractivity contribution in [2.45, 2.75) is 18.6 Å². The number of nitrogens with zero attached hydrogens (tertiary/aromatic N) is 2. The number of amides is 1. The molecule has 2 aliphatic rings. The Bertz CT molecular complexity index is 736. The molecule has 120 valence electrons. The number of carbonyl (C=O) groups is 1. The second kappa shape index (κ2) is 5.86. The Kier molecular flexibility index (Phi) is 3.71. The molecule has 23 heavy (non-hydrogen) atoms. The quantitative estimate of drug-likeness (QED) is 0.924. The van der Waals surface area contributed by atoms with Gasteiger partial charge in [-0.2, -0.15) is 0 Å². The predicted octanol–water partition coefficient (Wildman–Crippen LogP) is 1.41. The maximum Gasteiger partial charge on any atom is 0.271 e. The number of carbonyl (C=O) groups excluding carboxylic acids is 1. The average Bonchev–Trinajstić information content (AvgIpc) is 3.01. The molecule has 1 aliphatic carbocycles. The number of para-hydroxylation sites is 2. The second-order valence-electron chi connectivity index (χ2n) is 6.15. The van der Waals surface area contributed by atoms with Crippen molar-refractivity contribution in [2.24, 2.45) is 11.8 Å². The molecule has 6 heteroatoms. The highest BCUT2D eigenvalue weighted by Crippen LogP contribution is 2.43. The van der Waals surface area contributed by atoms with Gasteiger partial charge in [0.2, 0.25) is 0 Å². The lowest BCUT2D eigenvalue weighted by atomic mass is 9.67. The van der Waals surface area contributed by atoms with Crippen molar-refractivity contribution in [1.29, 1.82) is 0 Å². The van der Waals surface area contributed by atoms with Crippen LogP contribution in [0.2, 0.25) is 0 Å². The normalized spacial score (nSPS) is 29.1. The van der Waals surface area contributed by atoms with Gasteiger partial charge in [-0.1, -0.05) is 12.1 Å². The molecule has 0 radical (unpaired) electrons. The number of hydrogen-bond acceptors (Lipinski definition) is 5. The van der Waals surface area contributed by atoms with Crippen molar-refractivity contribution in [3.05, 3.63) is 36.2 Å². The van der Waals surface area contributed by atoms with E-state index < -0.39 is 0 Å². The van der Waals surface area contributed by atoms with Gasteiger partial charge in [0.1, 0.15) is 5.69 Å². The molecule has 1 aromatic carbocycles. The molecule has 2 aromatic rings. The molecule has 0 unspecified atom stereocenters. The Balaban J connectivity index is 1.52. The summed E-state index contributed by atoms with van der Waals surface area (Å²) in [5.74, 6) is 0.414. The van der Waals surface area contributed by atoms with Crippen LogP contribution in [0.4, 0.5) is 0 Å². The highest BCUT2D eigenvalue weighted by atomic mass is 16.5. The Morgan fingerprint density at radius 3 is 3.04 bits per heavy atom. The van der Waals surface area contributed by atoms with E-state index in [0.717, 1.165) is 24.1 Å². The molecule has 2 fully saturated rings. The van der Waals surface area contributed by atoms with Gasteiger partial charge in [-0.3, -0.25) is 9.78 Å². The lowest BCUT2D eigenvalue weighted by Gasteiger charge is -2.47. The van der Waals surface area contributed by atoms with Gasteiger partial charge >= 0.3 is 0 Å². The fraction of sp³-hybridized carbons (Fsp3) is 0.471. The molecular weight excluding hydrogens is 294 g/mol. The van der Waals surface area contributed by atoms with Crippen molar-refractivity contribution in [2.75, 3.05) is 20.3 Å². The Labute approximate surface area is 134 Å². The smallest absolute Gasteiger partial charge is 0.271 e. The van der Waals surface area contributed by atoms with Crippen LogP contribution in [0.5, 0.6) is 0 Å². The molecule has 1 saturated heterocycles. The molecule has 0 bridgehead atoms. The number of rotatable bonds is 4. The first kappa shape index (κ1) is 14.5. The summed E-state index contributed by atoms with van der Waals surface area (Å²) < 4.78 is 11.0. The van der Waals surface area contributed by atoms with E-state index in [1.54, 1.807) is 7.11 Å². The zero-order valence-electron chi connectivity index (χ0n) is 12.9. The monoisotopic (exact) mass is 313 g/mol. The molecule has 1 amide bonds. The summed E-state index contributed by atoms with van der Waals surface area (Å²) in [5.41, 5.74) is 1.86. The summed E-state index contributed by atoms with van der Waals surface area (Å²) in [6, 6.07) is 7.62. The molecule has 2 heterocycles. The Morgan fingerprint density at radius 1 is 1.39 bits per heavy atom. The third-order valence-electron chi connectivity index (χ3n) is 4.87. The number of aromatic nitrogens is 2. The van der Waals surface area contributed by atoms with Gasteiger partial charge in [0.05, 0.1) is 29.9 Å². The summed E-state index contributed by atoms with van der Waals surface area (Å²) in [7, 11) is 1.68. The summed E-state index contributed by atoms with van der Waals surface area (Å²) in [6.07, 6.45) is 2.73. The van der Waals surface area contributed by atoms with Crippen LogP contribution in [0.25, 0.3) is 11.0 Å². The number of fused-ring (bicyclic) bond motifs is 2. The third kappa shape index (κ3) is 2.48. The maximum atomic E-state index is 12.5. The molecule has 4 rings (SSSR count). The lowest BCUT2D eigenvalue weighted by Crippen LogP contribution is -2.62. The largest absolute Gasteiger partial charge is 0.384 e. The fourth-order valence-corrected chi connectivity index (χ4v) is 3.73. The van der Waals surface area contributed by atoms with Gasteiger partial charge in [0, 0.05) is 31.6 Å². The first-order valence-electron chi connectivity index (χ1n) is 7.91. The summed E-state index contributed by atoms with van der Waals surface area (Å²) in [6.45, 7) is 1.35. The topological polar surface area (TPSA) is 73.3 Å². The first-order valence-corrected chi connectivity index (χ1v) is 7.91. The van der Waals surface area contributed by atoms with E-state index in [0.29, 0.717) is 18.2 Å². The number of ether oxygens (including phenoxy) is 2. The summed E-state index contributed by atoms with van der Waals surface area (Å²) in [4.78, 5) is 21.2. The standard InChI is InChI=1S/C17H19N3O3/c1-22-9-11-15(10-6-7-23-16(10)11)20-17(21)14-8-18-12-4-2-3-5-13(12)19-14/h2-5,8,10-11,15-16H,6-7,9H2,1H3,(H,20,21)/t10-,11+,15+,16-/m1/s1. The van der Waals surface area contributed by atoms with Crippen molar-refractivity contribution >= 4 is 16.9 Å². The molecule has 1 aromatic heterocycles. The molecule has 0 spiro atoms. The molecule has 6 nitrogen and oxygen atoms in total. The number of nitrogens with one attached hydrogen (secondary N) is 1. The van der Waals surface area contributed by atoms with Gasteiger partial charge in [-0.15, -0.1) is 0 Å². The van der Waals surface area contributed by atoms with Crippen molar-refractivity contribution in [3.8, 4) is 0 Å².